The second kappa shape index (κ2) is 9.41. The van der Waals surface area contributed by atoms with Gasteiger partial charge in [0.15, 0.2) is 0 Å². The molecule has 2 aromatic rings. The third kappa shape index (κ3) is 6.55. The number of aromatic nitrogens is 2. The van der Waals surface area contributed by atoms with Gasteiger partial charge in [0.25, 0.3) is 5.56 Å². The Kier molecular flexibility index (Phi) is 7.56. The van der Waals surface area contributed by atoms with Crippen LogP contribution in [0.4, 0.5) is 0 Å². The minimum absolute atomic E-state index is 0.0116. The number of carbonyl (C=O) groups is 1. The van der Waals surface area contributed by atoms with Crippen molar-refractivity contribution in [3.05, 3.63) is 34.2 Å². The maximum Gasteiger partial charge on any atom is 0.273 e. The van der Waals surface area contributed by atoms with Crippen LogP contribution in [0, 0.1) is 11.3 Å². The van der Waals surface area contributed by atoms with Gasteiger partial charge < -0.3 is 9.64 Å². The van der Waals surface area contributed by atoms with Crippen molar-refractivity contribution in [2.75, 3.05) is 20.2 Å². The molecular weight excluding hydrogens is 390 g/mol. The highest BCUT2D eigenvalue weighted by molar-refractivity contribution is 5.81. The largest absolute Gasteiger partial charge is 0.497 e. The van der Waals surface area contributed by atoms with Crippen LogP contribution < -0.4 is 10.3 Å². The molecule has 0 radical (unpaired) electrons. The molecule has 0 saturated heterocycles. The predicted molar refractivity (Wildman–Crippen MR) is 127 cm³/mol. The van der Waals surface area contributed by atoms with Crippen molar-refractivity contribution < 1.29 is 9.53 Å². The molecule has 0 aliphatic heterocycles. The maximum absolute atomic E-state index is 13.4. The fraction of sp³-hybridized carbons (Fsp3) is 0.640. The van der Waals surface area contributed by atoms with E-state index in [1.807, 2.05) is 37.8 Å². The van der Waals surface area contributed by atoms with Crippen LogP contribution in [0.15, 0.2) is 23.0 Å². The number of fused-ring (bicyclic) bond motifs is 1. The third-order valence-electron chi connectivity index (χ3n) is 5.15. The number of ether oxygens (including phenoxy) is 1. The summed E-state index contributed by atoms with van der Waals surface area (Å²) >= 11 is 0. The molecule has 31 heavy (non-hydrogen) atoms. The highest BCUT2D eigenvalue weighted by atomic mass is 16.5. The van der Waals surface area contributed by atoms with Crippen molar-refractivity contribution in [3.8, 4) is 5.75 Å². The number of benzene rings is 1. The summed E-state index contributed by atoms with van der Waals surface area (Å²) in [6.07, 6.45) is 0.925. The first-order valence-electron chi connectivity index (χ1n) is 11.1. The first kappa shape index (κ1) is 24.9. The Morgan fingerprint density at radius 1 is 1.16 bits per heavy atom. The summed E-state index contributed by atoms with van der Waals surface area (Å²) in [6.45, 7) is 17.9. The number of nitrogens with zero attached hydrogens (tertiary/aromatic N) is 3. The lowest BCUT2D eigenvalue weighted by atomic mass is 9.92. The Labute approximate surface area is 186 Å². The zero-order valence-electron chi connectivity index (χ0n) is 20.7. The number of carbonyl (C=O) groups excluding carboxylic acids is 1. The van der Waals surface area contributed by atoms with E-state index >= 15 is 0 Å². The SMILES string of the molecule is COc1ccc2nc(C(C)(C)C)c(=O)n(CC(=O)N(CCC(C)C)CC(C)(C)C)c2c1. The van der Waals surface area contributed by atoms with Gasteiger partial charge in [-0.25, -0.2) is 4.98 Å². The molecule has 1 amide bonds. The van der Waals surface area contributed by atoms with Gasteiger partial charge in [-0.2, -0.15) is 0 Å². The molecule has 0 fully saturated rings. The zero-order chi connectivity index (χ0) is 23.6. The van der Waals surface area contributed by atoms with Crippen molar-refractivity contribution in [3.63, 3.8) is 0 Å². The monoisotopic (exact) mass is 429 g/mol. The molecule has 0 bridgehead atoms. The highest BCUT2D eigenvalue weighted by Crippen LogP contribution is 2.23. The lowest BCUT2D eigenvalue weighted by molar-refractivity contribution is -0.133. The Morgan fingerprint density at radius 2 is 1.81 bits per heavy atom. The van der Waals surface area contributed by atoms with Crippen LogP contribution in [-0.4, -0.2) is 40.6 Å². The van der Waals surface area contributed by atoms with Gasteiger partial charge in [0.2, 0.25) is 5.91 Å². The molecule has 1 aromatic carbocycles. The van der Waals surface area contributed by atoms with Gasteiger partial charge in [-0.15, -0.1) is 0 Å². The molecule has 0 saturated carbocycles. The van der Waals surface area contributed by atoms with Crippen LogP contribution in [0.5, 0.6) is 5.75 Å². The van der Waals surface area contributed by atoms with Gasteiger partial charge in [0.1, 0.15) is 18.0 Å². The zero-order valence-corrected chi connectivity index (χ0v) is 20.7. The second-order valence-electron chi connectivity index (χ2n) is 11.0. The van der Waals surface area contributed by atoms with Crippen LogP contribution in [0.1, 0.15) is 67.5 Å². The van der Waals surface area contributed by atoms with Crippen molar-refractivity contribution >= 4 is 16.9 Å². The maximum atomic E-state index is 13.4. The van der Waals surface area contributed by atoms with Crippen molar-refractivity contribution in [1.82, 2.24) is 14.5 Å². The Bertz CT molecular complexity index is 978. The lowest BCUT2D eigenvalue weighted by Crippen LogP contribution is -2.43. The summed E-state index contributed by atoms with van der Waals surface area (Å²) in [5, 5.41) is 0. The molecule has 6 nitrogen and oxygen atoms in total. The summed E-state index contributed by atoms with van der Waals surface area (Å²) < 4.78 is 6.93. The third-order valence-corrected chi connectivity index (χ3v) is 5.15. The minimum Gasteiger partial charge on any atom is -0.497 e. The molecule has 0 aliphatic rings. The molecule has 0 aliphatic carbocycles. The second-order valence-corrected chi connectivity index (χ2v) is 11.0. The molecule has 1 aromatic heterocycles. The van der Waals surface area contributed by atoms with E-state index in [0.29, 0.717) is 41.5 Å². The number of methoxy groups -OCH3 is 1. The Hall–Kier alpha value is -2.37. The van der Waals surface area contributed by atoms with Gasteiger partial charge >= 0.3 is 0 Å². The minimum atomic E-state index is -0.432. The molecule has 172 valence electrons. The van der Waals surface area contributed by atoms with Crippen LogP contribution >= 0.6 is 0 Å². The standard InChI is InChI=1S/C25H39N3O3/c1-17(2)12-13-27(16-24(3,4)5)21(29)15-28-20-14-18(31-9)10-11-19(20)26-22(23(28)30)25(6,7)8/h10-11,14,17H,12-13,15-16H2,1-9H3. The van der Waals surface area contributed by atoms with Crippen molar-refractivity contribution in [1.29, 1.82) is 0 Å². The van der Waals surface area contributed by atoms with Crippen molar-refractivity contribution in [2.24, 2.45) is 11.3 Å². The fourth-order valence-electron chi connectivity index (χ4n) is 3.51. The number of hydrogen-bond donors (Lipinski definition) is 0. The van der Waals surface area contributed by atoms with E-state index in [1.54, 1.807) is 17.7 Å². The number of amides is 1. The first-order valence-corrected chi connectivity index (χ1v) is 11.1. The van der Waals surface area contributed by atoms with Crippen LogP contribution in [0.25, 0.3) is 11.0 Å². The Balaban J connectivity index is 2.57. The van der Waals surface area contributed by atoms with Gasteiger partial charge in [0, 0.05) is 24.6 Å². The number of hydrogen-bond acceptors (Lipinski definition) is 4. The van der Waals surface area contributed by atoms with Gasteiger partial charge in [-0.05, 0) is 29.9 Å². The van der Waals surface area contributed by atoms with E-state index < -0.39 is 5.41 Å². The van der Waals surface area contributed by atoms with Gasteiger partial charge in [-0.1, -0.05) is 55.4 Å². The van der Waals surface area contributed by atoms with Gasteiger partial charge in [0.05, 0.1) is 18.1 Å². The predicted octanol–water partition coefficient (Wildman–Crippen LogP) is 4.62. The number of rotatable bonds is 7. The molecule has 6 heteroatoms. The summed E-state index contributed by atoms with van der Waals surface area (Å²) in [7, 11) is 1.59. The average Bonchev–Trinajstić information content (AvgIpc) is 2.64. The smallest absolute Gasteiger partial charge is 0.273 e. The average molecular weight is 430 g/mol. The Morgan fingerprint density at radius 3 is 2.32 bits per heavy atom. The fourth-order valence-corrected chi connectivity index (χ4v) is 3.51. The summed E-state index contributed by atoms with van der Waals surface area (Å²) in [4.78, 5) is 33.4. The van der Waals surface area contributed by atoms with E-state index in [4.69, 9.17) is 4.74 Å². The van der Waals surface area contributed by atoms with Crippen molar-refractivity contribution in [2.45, 2.75) is 73.8 Å². The van der Waals surface area contributed by atoms with E-state index in [-0.39, 0.29) is 23.4 Å². The topological polar surface area (TPSA) is 64.4 Å². The van der Waals surface area contributed by atoms with E-state index in [2.05, 4.69) is 39.6 Å². The molecule has 1 heterocycles. The summed E-state index contributed by atoms with van der Waals surface area (Å²) in [5.41, 5.74) is 1.08. The molecule has 0 N–H and O–H groups in total. The van der Waals surface area contributed by atoms with Gasteiger partial charge in [-0.3, -0.25) is 14.2 Å². The lowest BCUT2D eigenvalue weighted by Gasteiger charge is -2.31. The molecule has 0 spiro atoms. The highest BCUT2D eigenvalue weighted by Gasteiger charge is 2.26. The van der Waals surface area contributed by atoms with Crippen LogP contribution in [-0.2, 0) is 16.8 Å². The van der Waals surface area contributed by atoms with E-state index in [0.717, 1.165) is 6.42 Å². The molecule has 0 atom stereocenters. The van der Waals surface area contributed by atoms with E-state index in [9.17, 15) is 9.59 Å². The first-order chi connectivity index (χ1) is 14.2. The molecule has 2 rings (SSSR count). The quantitative estimate of drug-likeness (QED) is 0.644. The summed E-state index contributed by atoms with van der Waals surface area (Å²) in [5.74, 6) is 1.08. The van der Waals surface area contributed by atoms with Crippen LogP contribution in [0.2, 0.25) is 0 Å². The normalized spacial score (nSPS) is 12.5. The molecule has 0 unspecified atom stereocenters. The summed E-state index contributed by atoms with van der Waals surface area (Å²) in [6, 6.07) is 5.45. The van der Waals surface area contributed by atoms with Crippen LogP contribution in [0.3, 0.4) is 0 Å². The van der Waals surface area contributed by atoms with E-state index in [1.165, 1.54) is 0 Å². The molecular formula is C25H39N3O3.